The van der Waals surface area contributed by atoms with Gasteiger partial charge in [0.2, 0.25) is 5.91 Å². The molecule has 19 heavy (non-hydrogen) atoms. The minimum absolute atomic E-state index is 0.252. The number of hydrogen-bond donors (Lipinski definition) is 2. The van der Waals surface area contributed by atoms with Gasteiger partial charge in [0.15, 0.2) is 0 Å². The Labute approximate surface area is 118 Å². The van der Waals surface area contributed by atoms with Crippen molar-refractivity contribution in [1.82, 2.24) is 10.2 Å². The normalized spacial score (nSPS) is 22.2. The quantitative estimate of drug-likeness (QED) is 0.742. The highest BCUT2D eigenvalue weighted by Gasteiger charge is 2.34. The number of primary amides is 1. The van der Waals surface area contributed by atoms with E-state index < -0.39 is 5.54 Å². The molecule has 0 saturated heterocycles. The predicted molar refractivity (Wildman–Crippen MR) is 80.0 cm³/mol. The Bertz CT molecular complexity index is 289. The molecule has 2 unspecified atom stereocenters. The molecule has 1 fully saturated rings. The highest BCUT2D eigenvalue weighted by atomic mass is 16.1. The molecule has 0 aromatic heterocycles. The Morgan fingerprint density at radius 1 is 1.42 bits per heavy atom. The number of nitrogens with two attached hydrogens (primary N) is 1. The first-order chi connectivity index (χ1) is 8.90. The van der Waals surface area contributed by atoms with Crippen LogP contribution in [0.3, 0.4) is 0 Å². The van der Waals surface area contributed by atoms with Crippen LogP contribution < -0.4 is 11.1 Å². The number of hydrogen-bond acceptors (Lipinski definition) is 3. The van der Waals surface area contributed by atoms with Crippen molar-refractivity contribution >= 4 is 5.91 Å². The van der Waals surface area contributed by atoms with E-state index in [0.717, 1.165) is 13.0 Å². The summed E-state index contributed by atoms with van der Waals surface area (Å²) in [6, 6.07) is 1.03. The number of amides is 1. The fraction of sp³-hybridized carbons (Fsp3) is 0.933. The van der Waals surface area contributed by atoms with Crippen molar-refractivity contribution in [2.24, 2.45) is 5.73 Å². The maximum Gasteiger partial charge on any atom is 0.237 e. The van der Waals surface area contributed by atoms with E-state index in [2.05, 4.69) is 24.2 Å². The van der Waals surface area contributed by atoms with Gasteiger partial charge in [-0.1, -0.05) is 26.2 Å². The van der Waals surface area contributed by atoms with Crippen LogP contribution in [0.4, 0.5) is 0 Å². The summed E-state index contributed by atoms with van der Waals surface area (Å²) in [5.41, 5.74) is 4.96. The van der Waals surface area contributed by atoms with Crippen LogP contribution in [0.2, 0.25) is 0 Å². The van der Waals surface area contributed by atoms with Crippen molar-refractivity contribution < 1.29 is 4.79 Å². The molecule has 1 aliphatic carbocycles. The van der Waals surface area contributed by atoms with E-state index in [0.29, 0.717) is 12.1 Å². The molecule has 0 bridgehead atoms. The smallest absolute Gasteiger partial charge is 0.237 e. The third-order valence-electron chi connectivity index (χ3n) is 4.66. The van der Waals surface area contributed by atoms with Gasteiger partial charge in [-0.05, 0) is 46.7 Å². The van der Waals surface area contributed by atoms with E-state index in [-0.39, 0.29) is 5.91 Å². The maximum atomic E-state index is 11.7. The number of rotatable bonds is 7. The van der Waals surface area contributed by atoms with Gasteiger partial charge in [-0.25, -0.2) is 0 Å². The summed E-state index contributed by atoms with van der Waals surface area (Å²) in [7, 11) is 2.19. The molecule has 4 nitrogen and oxygen atoms in total. The Balaban J connectivity index is 2.60. The minimum atomic E-state index is -0.600. The van der Waals surface area contributed by atoms with Gasteiger partial charge >= 0.3 is 0 Å². The highest BCUT2D eigenvalue weighted by Crippen LogP contribution is 2.25. The van der Waals surface area contributed by atoms with E-state index in [1.54, 1.807) is 0 Å². The zero-order valence-electron chi connectivity index (χ0n) is 13.0. The Hall–Kier alpha value is -0.610. The van der Waals surface area contributed by atoms with E-state index in [9.17, 15) is 4.79 Å². The van der Waals surface area contributed by atoms with Crippen LogP contribution >= 0.6 is 0 Å². The first-order valence-electron chi connectivity index (χ1n) is 7.67. The lowest BCUT2D eigenvalue weighted by atomic mass is 9.89. The average Bonchev–Trinajstić information content (AvgIpc) is 2.38. The summed E-state index contributed by atoms with van der Waals surface area (Å²) in [5.74, 6) is -0.252. The first kappa shape index (κ1) is 16.4. The minimum Gasteiger partial charge on any atom is -0.368 e. The van der Waals surface area contributed by atoms with Gasteiger partial charge in [0.25, 0.3) is 0 Å². The maximum absolute atomic E-state index is 11.7. The second-order valence-corrected chi connectivity index (χ2v) is 6.24. The van der Waals surface area contributed by atoms with Crippen LogP contribution in [0.15, 0.2) is 0 Å². The van der Waals surface area contributed by atoms with Crippen molar-refractivity contribution in [3.63, 3.8) is 0 Å². The molecule has 2 atom stereocenters. The molecule has 1 rings (SSSR count). The van der Waals surface area contributed by atoms with Crippen molar-refractivity contribution in [3.8, 4) is 0 Å². The van der Waals surface area contributed by atoms with Crippen LogP contribution in [0.25, 0.3) is 0 Å². The first-order valence-corrected chi connectivity index (χ1v) is 7.67. The van der Waals surface area contributed by atoms with Crippen molar-refractivity contribution in [2.45, 2.75) is 76.9 Å². The van der Waals surface area contributed by atoms with E-state index in [4.69, 9.17) is 5.73 Å². The van der Waals surface area contributed by atoms with E-state index in [1.165, 1.54) is 32.1 Å². The van der Waals surface area contributed by atoms with Gasteiger partial charge in [0, 0.05) is 12.1 Å². The van der Waals surface area contributed by atoms with Gasteiger partial charge in [-0.2, -0.15) is 0 Å². The SMILES string of the molecule is CCNC(C)(CC(C)N(C)C1CCCCC1)C(N)=O. The third-order valence-corrected chi connectivity index (χ3v) is 4.66. The van der Waals surface area contributed by atoms with E-state index >= 15 is 0 Å². The molecule has 0 radical (unpaired) electrons. The summed E-state index contributed by atoms with van der Waals surface area (Å²) in [5, 5.41) is 3.25. The highest BCUT2D eigenvalue weighted by molar-refractivity contribution is 5.84. The predicted octanol–water partition coefficient (Wildman–Crippen LogP) is 1.88. The third kappa shape index (κ3) is 4.46. The van der Waals surface area contributed by atoms with Gasteiger partial charge < -0.3 is 16.0 Å². The molecule has 1 aliphatic rings. The molecular formula is C15H31N3O. The monoisotopic (exact) mass is 269 g/mol. The van der Waals surface area contributed by atoms with Crippen molar-refractivity contribution in [1.29, 1.82) is 0 Å². The van der Waals surface area contributed by atoms with E-state index in [1.807, 2.05) is 13.8 Å². The molecule has 1 saturated carbocycles. The second-order valence-electron chi connectivity index (χ2n) is 6.24. The molecule has 4 heteroatoms. The summed E-state index contributed by atoms with van der Waals surface area (Å²) in [6.45, 7) is 6.90. The van der Waals surface area contributed by atoms with Gasteiger partial charge in [0.05, 0.1) is 5.54 Å². The van der Waals surface area contributed by atoms with Gasteiger partial charge in [-0.15, -0.1) is 0 Å². The van der Waals surface area contributed by atoms with Crippen LogP contribution in [-0.2, 0) is 4.79 Å². The van der Waals surface area contributed by atoms with Crippen LogP contribution in [0.1, 0.15) is 59.3 Å². The molecule has 1 amide bonds. The van der Waals surface area contributed by atoms with Crippen LogP contribution in [0, 0.1) is 0 Å². The Morgan fingerprint density at radius 2 is 2.00 bits per heavy atom. The summed E-state index contributed by atoms with van der Waals surface area (Å²) < 4.78 is 0. The number of carbonyl (C=O) groups is 1. The number of carbonyl (C=O) groups excluding carboxylic acids is 1. The fourth-order valence-electron chi connectivity index (χ4n) is 3.23. The Morgan fingerprint density at radius 3 is 2.47 bits per heavy atom. The van der Waals surface area contributed by atoms with Crippen molar-refractivity contribution in [3.05, 3.63) is 0 Å². The zero-order valence-corrected chi connectivity index (χ0v) is 13.0. The fourth-order valence-corrected chi connectivity index (χ4v) is 3.23. The molecule has 3 N–H and O–H groups in total. The molecule has 0 spiro atoms. The molecule has 0 heterocycles. The molecule has 0 aliphatic heterocycles. The molecule has 0 aromatic carbocycles. The van der Waals surface area contributed by atoms with Gasteiger partial charge in [-0.3, -0.25) is 4.79 Å². The Kier molecular flexibility index (Phi) is 6.27. The largest absolute Gasteiger partial charge is 0.368 e. The number of likely N-dealkylation sites (N-methyl/N-ethyl adjacent to an activating group) is 1. The summed E-state index contributed by atoms with van der Waals surface area (Å²) in [6.07, 6.45) is 7.38. The molecular weight excluding hydrogens is 238 g/mol. The van der Waals surface area contributed by atoms with Gasteiger partial charge in [0.1, 0.15) is 0 Å². The number of nitrogens with zero attached hydrogens (tertiary/aromatic N) is 1. The average molecular weight is 269 g/mol. The van der Waals surface area contributed by atoms with Crippen LogP contribution in [0.5, 0.6) is 0 Å². The lowest BCUT2D eigenvalue weighted by Gasteiger charge is -2.39. The van der Waals surface area contributed by atoms with Crippen molar-refractivity contribution in [2.75, 3.05) is 13.6 Å². The zero-order chi connectivity index (χ0) is 14.5. The topological polar surface area (TPSA) is 58.4 Å². The lowest BCUT2D eigenvalue weighted by Crippen LogP contribution is -2.56. The summed E-state index contributed by atoms with van der Waals surface area (Å²) in [4.78, 5) is 14.1. The standard InChI is InChI=1S/C15H31N3O/c1-5-17-15(3,14(16)19)11-12(2)18(4)13-9-7-6-8-10-13/h12-13,17H,5-11H2,1-4H3,(H2,16,19). The number of nitrogens with one attached hydrogen (secondary N) is 1. The molecule has 0 aromatic rings. The second kappa shape index (κ2) is 7.25. The summed E-state index contributed by atoms with van der Waals surface area (Å²) >= 11 is 0. The molecule has 112 valence electrons. The van der Waals surface area contributed by atoms with Crippen LogP contribution in [-0.4, -0.2) is 42.0 Å². The lowest BCUT2D eigenvalue weighted by molar-refractivity contribution is -0.124.